The summed E-state index contributed by atoms with van der Waals surface area (Å²) in [6.07, 6.45) is 3.67. The monoisotopic (exact) mass is 449 g/mol. The fourth-order valence-corrected chi connectivity index (χ4v) is 3.72. The number of aromatic nitrogens is 3. The number of halogens is 4. The summed E-state index contributed by atoms with van der Waals surface area (Å²) < 4.78 is 43.0. The molecular formula is C25H15ClF3N3. The van der Waals surface area contributed by atoms with Crippen LogP contribution in [0.1, 0.15) is 5.56 Å². The van der Waals surface area contributed by atoms with Crippen molar-refractivity contribution in [3.63, 3.8) is 0 Å². The standard InChI is InChI=1S/C25H15ClF3N3/c26-19-12-17(8-9-20(19)27)16-6-4-15(5-7-16)13-32-11-10-22-23(14-32)31-25(30-22)18-2-1-3-21(28)24(18)29/h1-12,14H,13H2. The largest absolute Gasteiger partial charge is 0.348 e. The highest BCUT2D eigenvalue weighted by Crippen LogP contribution is 2.28. The summed E-state index contributed by atoms with van der Waals surface area (Å²) in [6, 6.07) is 18.2. The average molecular weight is 450 g/mol. The average Bonchev–Trinajstić information content (AvgIpc) is 3.21. The van der Waals surface area contributed by atoms with Crippen LogP contribution in [0.5, 0.6) is 0 Å². The minimum atomic E-state index is -0.960. The third-order valence-corrected chi connectivity index (χ3v) is 5.48. The first-order valence-electron chi connectivity index (χ1n) is 9.80. The van der Waals surface area contributed by atoms with Crippen LogP contribution in [0.15, 0.2) is 79.1 Å². The summed E-state index contributed by atoms with van der Waals surface area (Å²) in [5.74, 6) is -2.19. The number of hydrogen-bond donors (Lipinski definition) is 0. The van der Waals surface area contributed by atoms with Crippen molar-refractivity contribution in [3.8, 4) is 33.9 Å². The lowest BCUT2D eigenvalue weighted by atomic mass is 10.0. The highest BCUT2D eigenvalue weighted by Gasteiger charge is 2.17. The molecule has 3 aromatic rings. The minimum absolute atomic E-state index is 0.0317. The normalized spacial score (nSPS) is 11.2. The minimum Gasteiger partial charge on any atom is -0.348 e. The fraction of sp³-hybridized carbons (Fsp3) is 0.0400. The quantitative estimate of drug-likeness (QED) is 0.301. The van der Waals surface area contributed by atoms with E-state index in [0.717, 1.165) is 22.8 Å². The van der Waals surface area contributed by atoms with Gasteiger partial charge in [0.05, 0.1) is 16.3 Å². The van der Waals surface area contributed by atoms with Gasteiger partial charge >= 0.3 is 0 Å². The molecule has 0 saturated carbocycles. The molecule has 0 aliphatic carbocycles. The summed E-state index contributed by atoms with van der Waals surface area (Å²) in [7, 11) is 0. The van der Waals surface area contributed by atoms with Crippen LogP contribution in [0, 0.1) is 17.5 Å². The highest BCUT2D eigenvalue weighted by atomic mass is 35.5. The van der Waals surface area contributed by atoms with Gasteiger partial charge in [-0.25, -0.2) is 23.1 Å². The molecule has 7 heteroatoms. The van der Waals surface area contributed by atoms with Gasteiger partial charge < -0.3 is 4.57 Å². The molecule has 5 rings (SSSR count). The van der Waals surface area contributed by atoms with Gasteiger partial charge in [-0.15, -0.1) is 0 Å². The summed E-state index contributed by atoms with van der Waals surface area (Å²) >= 11 is 5.88. The highest BCUT2D eigenvalue weighted by molar-refractivity contribution is 6.31. The van der Waals surface area contributed by atoms with E-state index in [1.807, 2.05) is 41.2 Å². The molecule has 2 aliphatic rings. The van der Waals surface area contributed by atoms with Crippen LogP contribution in [0.4, 0.5) is 13.2 Å². The van der Waals surface area contributed by atoms with Crippen molar-refractivity contribution in [3.05, 3.63) is 107 Å². The number of benzene rings is 3. The van der Waals surface area contributed by atoms with E-state index < -0.39 is 17.5 Å². The zero-order chi connectivity index (χ0) is 22.2. The number of rotatable bonds is 4. The van der Waals surface area contributed by atoms with Crippen LogP contribution in [-0.4, -0.2) is 14.5 Å². The SMILES string of the molecule is Fc1ccc(-c2ccc(Cn3ccc4nc(-c5cccc(F)c5F)nc-4c3)cc2)cc1Cl. The molecule has 158 valence electrons. The molecule has 0 aromatic heterocycles. The molecule has 0 bridgehead atoms. The van der Waals surface area contributed by atoms with Crippen molar-refractivity contribution >= 4 is 11.6 Å². The maximum absolute atomic E-state index is 14.1. The summed E-state index contributed by atoms with van der Waals surface area (Å²) in [5.41, 5.74) is 4.03. The second-order valence-electron chi connectivity index (χ2n) is 7.36. The lowest BCUT2D eigenvalue weighted by molar-refractivity contribution is 0.510. The predicted molar refractivity (Wildman–Crippen MR) is 118 cm³/mol. The van der Waals surface area contributed by atoms with E-state index in [-0.39, 0.29) is 16.4 Å². The van der Waals surface area contributed by atoms with E-state index in [2.05, 4.69) is 9.97 Å². The molecule has 3 aromatic carbocycles. The molecule has 2 heterocycles. The van der Waals surface area contributed by atoms with E-state index in [1.54, 1.807) is 18.2 Å². The van der Waals surface area contributed by atoms with Gasteiger partial charge in [-0.05, 0) is 47.0 Å². The molecule has 0 radical (unpaired) electrons. The van der Waals surface area contributed by atoms with Crippen LogP contribution in [0.25, 0.3) is 33.9 Å². The van der Waals surface area contributed by atoms with Crippen LogP contribution in [0.3, 0.4) is 0 Å². The van der Waals surface area contributed by atoms with E-state index in [9.17, 15) is 13.2 Å². The Balaban J connectivity index is 1.39. The Morgan fingerprint density at radius 3 is 2.31 bits per heavy atom. The molecule has 3 nitrogen and oxygen atoms in total. The molecule has 0 saturated heterocycles. The Hall–Kier alpha value is -3.64. The van der Waals surface area contributed by atoms with Gasteiger partial charge in [0, 0.05) is 18.9 Å². The van der Waals surface area contributed by atoms with Gasteiger partial charge in [0.25, 0.3) is 0 Å². The molecule has 2 aliphatic heterocycles. The van der Waals surface area contributed by atoms with E-state index >= 15 is 0 Å². The van der Waals surface area contributed by atoms with Crippen LogP contribution >= 0.6 is 11.6 Å². The summed E-state index contributed by atoms with van der Waals surface area (Å²) in [4.78, 5) is 8.70. The van der Waals surface area contributed by atoms with Crippen LogP contribution < -0.4 is 0 Å². The molecule has 0 fully saturated rings. The zero-order valence-electron chi connectivity index (χ0n) is 16.6. The van der Waals surface area contributed by atoms with Crippen molar-refractivity contribution in [2.45, 2.75) is 6.54 Å². The number of imidazole rings is 1. The van der Waals surface area contributed by atoms with Crippen molar-refractivity contribution in [1.82, 2.24) is 14.5 Å². The first kappa shape index (κ1) is 20.3. The smallest absolute Gasteiger partial charge is 0.169 e. The van der Waals surface area contributed by atoms with Gasteiger partial charge in [-0.1, -0.05) is 48.0 Å². The van der Waals surface area contributed by atoms with Gasteiger partial charge in [0.2, 0.25) is 0 Å². The second-order valence-corrected chi connectivity index (χ2v) is 7.77. The molecule has 0 atom stereocenters. The Morgan fingerprint density at radius 1 is 0.781 bits per heavy atom. The van der Waals surface area contributed by atoms with Gasteiger partial charge in [-0.3, -0.25) is 0 Å². The second kappa shape index (κ2) is 8.13. The molecular weight excluding hydrogens is 435 g/mol. The first-order chi connectivity index (χ1) is 15.5. The number of nitrogens with zero attached hydrogens (tertiary/aromatic N) is 3. The maximum atomic E-state index is 14.1. The number of fused-ring (bicyclic) bond motifs is 1. The van der Waals surface area contributed by atoms with Crippen molar-refractivity contribution in [2.24, 2.45) is 0 Å². The third-order valence-electron chi connectivity index (χ3n) is 5.19. The van der Waals surface area contributed by atoms with Crippen molar-refractivity contribution < 1.29 is 13.2 Å². The zero-order valence-corrected chi connectivity index (χ0v) is 17.3. The van der Waals surface area contributed by atoms with E-state index in [4.69, 9.17) is 11.6 Å². The summed E-state index contributed by atoms with van der Waals surface area (Å²) in [6.45, 7) is 0.580. The van der Waals surface area contributed by atoms with Crippen LogP contribution in [0.2, 0.25) is 5.02 Å². The van der Waals surface area contributed by atoms with Crippen molar-refractivity contribution in [2.75, 3.05) is 0 Å². The lowest BCUT2D eigenvalue weighted by Gasteiger charge is -2.09. The van der Waals surface area contributed by atoms with E-state index in [0.29, 0.717) is 17.9 Å². The maximum Gasteiger partial charge on any atom is 0.169 e. The third kappa shape index (κ3) is 3.85. The Bertz CT molecular complexity index is 1400. The Labute approximate surface area is 187 Å². The molecule has 32 heavy (non-hydrogen) atoms. The molecule has 0 spiro atoms. The molecule has 0 unspecified atom stereocenters. The predicted octanol–water partition coefficient (Wildman–Crippen LogP) is 6.84. The molecule has 0 N–H and O–H groups in total. The number of hydrogen-bond acceptors (Lipinski definition) is 2. The van der Waals surface area contributed by atoms with E-state index in [1.165, 1.54) is 18.2 Å². The van der Waals surface area contributed by atoms with Crippen LogP contribution in [-0.2, 0) is 6.54 Å². The fourth-order valence-electron chi connectivity index (χ4n) is 3.54. The van der Waals surface area contributed by atoms with Gasteiger partial charge in [0.1, 0.15) is 11.5 Å². The summed E-state index contributed by atoms with van der Waals surface area (Å²) in [5, 5.41) is 0.0868. The lowest BCUT2D eigenvalue weighted by Crippen LogP contribution is -2.00. The van der Waals surface area contributed by atoms with Gasteiger partial charge in [-0.2, -0.15) is 0 Å². The number of pyridine rings is 1. The van der Waals surface area contributed by atoms with Crippen molar-refractivity contribution in [1.29, 1.82) is 0 Å². The molecule has 0 amide bonds. The Kier molecular flexibility index (Phi) is 5.15. The van der Waals surface area contributed by atoms with Gasteiger partial charge in [0.15, 0.2) is 17.5 Å². The first-order valence-corrected chi connectivity index (χ1v) is 10.2. The Morgan fingerprint density at radius 2 is 1.53 bits per heavy atom. The topological polar surface area (TPSA) is 30.7 Å².